The predicted molar refractivity (Wildman–Crippen MR) is 74.2 cm³/mol. The molecule has 2 aromatic rings. The summed E-state index contributed by atoms with van der Waals surface area (Å²) in [6, 6.07) is 7.63. The number of aryl methyl sites for hydroxylation is 1. The number of halogens is 2. The Kier molecular flexibility index (Phi) is 3.80. The van der Waals surface area contributed by atoms with Crippen LogP contribution in [-0.2, 0) is 0 Å². The number of ether oxygens (including phenoxy) is 1. The van der Waals surface area contributed by atoms with Gasteiger partial charge in [0.25, 0.3) is 0 Å². The van der Waals surface area contributed by atoms with Crippen LogP contribution in [0.4, 0.5) is 4.39 Å². The van der Waals surface area contributed by atoms with E-state index in [2.05, 4.69) is 20.9 Å². The summed E-state index contributed by atoms with van der Waals surface area (Å²) in [5.41, 5.74) is 6.60. The summed E-state index contributed by atoms with van der Waals surface area (Å²) in [5.74, 6) is 0.106. The highest BCUT2D eigenvalue weighted by molar-refractivity contribution is 9.10. The van der Waals surface area contributed by atoms with Gasteiger partial charge in [0, 0.05) is 23.4 Å². The van der Waals surface area contributed by atoms with Gasteiger partial charge in [0.15, 0.2) is 0 Å². The Morgan fingerprint density at radius 1 is 1.37 bits per heavy atom. The van der Waals surface area contributed by atoms with E-state index in [1.54, 1.807) is 25.1 Å². The molecule has 98 valence electrons. The molecular formula is C13H11BrFN3O. The first-order valence-corrected chi connectivity index (χ1v) is 6.21. The third-order valence-corrected chi connectivity index (χ3v) is 3.00. The lowest BCUT2D eigenvalue weighted by molar-refractivity contribution is 0.456. The van der Waals surface area contributed by atoms with Crippen LogP contribution >= 0.6 is 15.9 Å². The van der Waals surface area contributed by atoms with Gasteiger partial charge in [-0.2, -0.15) is 0 Å². The van der Waals surface area contributed by atoms with Crippen LogP contribution in [0.2, 0.25) is 0 Å². The minimum Gasteiger partial charge on any atom is -0.439 e. The summed E-state index contributed by atoms with van der Waals surface area (Å²) < 4.78 is 19.2. The second-order valence-corrected chi connectivity index (χ2v) is 4.78. The van der Waals surface area contributed by atoms with Gasteiger partial charge in [-0.05, 0) is 41.1 Å². The topological polar surface area (TPSA) is 72.0 Å². The largest absolute Gasteiger partial charge is 0.439 e. The molecule has 2 rings (SSSR count). The van der Waals surface area contributed by atoms with E-state index in [1.807, 2.05) is 0 Å². The van der Waals surface area contributed by atoms with Gasteiger partial charge in [-0.3, -0.25) is 5.41 Å². The Labute approximate surface area is 118 Å². The van der Waals surface area contributed by atoms with Gasteiger partial charge >= 0.3 is 0 Å². The summed E-state index contributed by atoms with van der Waals surface area (Å²) >= 11 is 3.07. The molecule has 4 nitrogen and oxygen atoms in total. The fraction of sp³-hybridized carbons (Fsp3) is 0.0769. The number of nitrogen functional groups attached to an aromatic ring is 1. The molecule has 0 amide bonds. The van der Waals surface area contributed by atoms with E-state index in [0.717, 1.165) is 0 Å². The first-order chi connectivity index (χ1) is 8.95. The SMILES string of the molecule is Cc1cc(C(=N)N)cc(Oc2ccc(Br)c(F)c2)n1. The van der Waals surface area contributed by atoms with Gasteiger partial charge in [-0.15, -0.1) is 0 Å². The lowest BCUT2D eigenvalue weighted by Gasteiger charge is -2.08. The molecule has 0 aliphatic carbocycles. The maximum atomic E-state index is 13.4. The number of rotatable bonds is 3. The fourth-order valence-electron chi connectivity index (χ4n) is 1.51. The number of amidine groups is 1. The van der Waals surface area contributed by atoms with Crippen LogP contribution in [0.25, 0.3) is 0 Å². The van der Waals surface area contributed by atoms with Gasteiger partial charge in [0.2, 0.25) is 5.88 Å². The van der Waals surface area contributed by atoms with Crippen molar-refractivity contribution in [2.24, 2.45) is 5.73 Å². The highest BCUT2D eigenvalue weighted by atomic mass is 79.9. The fourth-order valence-corrected chi connectivity index (χ4v) is 1.75. The number of aromatic nitrogens is 1. The second-order valence-electron chi connectivity index (χ2n) is 3.93. The maximum Gasteiger partial charge on any atom is 0.220 e. The van der Waals surface area contributed by atoms with Crippen molar-refractivity contribution in [3.8, 4) is 11.6 Å². The van der Waals surface area contributed by atoms with Crippen molar-refractivity contribution in [3.63, 3.8) is 0 Å². The molecule has 0 saturated heterocycles. The maximum absolute atomic E-state index is 13.4. The molecule has 0 fully saturated rings. The third kappa shape index (κ3) is 3.29. The standard InChI is InChI=1S/C13H11BrFN3O/c1-7-4-8(13(16)17)5-12(18-7)19-9-2-3-10(14)11(15)6-9/h2-6H,1H3,(H3,16,17). The molecule has 1 aromatic heterocycles. The monoisotopic (exact) mass is 323 g/mol. The zero-order chi connectivity index (χ0) is 14.0. The van der Waals surface area contributed by atoms with Gasteiger partial charge < -0.3 is 10.5 Å². The number of nitrogens with zero attached hydrogens (tertiary/aromatic N) is 1. The third-order valence-electron chi connectivity index (χ3n) is 2.35. The van der Waals surface area contributed by atoms with E-state index in [4.69, 9.17) is 15.9 Å². The zero-order valence-corrected chi connectivity index (χ0v) is 11.7. The van der Waals surface area contributed by atoms with Crippen molar-refractivity contribution in [2.45, 2.75) is 6.92 Å². The summed E-state index contributed by atoms with van der Waals surface area (Å²) in [6.07, 6.45) is 0. The van der Waals surface area contributed by atoms with E-state index >= 15 is 0 Å². The Morgan fingerprint density at radius 2 is 2.11 bits per heavy atom. The molecule has 0 radical (unpaired) electrons. The van der Waals surface area contributed by atoms with Crippen molar-refractivity contribution in [1.82, 2.24) is 4.98 Å². The Balaban J connectivity index is 2.32. The van der Waals surface area contributed by atoms with Gasteiger partial charge in [-0.1, -0.05) is 0 Å². The molecule has 0 saturated carbocycles. The van der Waals surface area contributed by atoms with Crippen molar-refractivity contribution in [3.05, 3.63) is 51.9 Å². The molecule has 0 aliphatic heterocycles. The number of benzene rings is 1. The highest BCUT2D eigenvalue weighted by Crippen LogP contribution is 2.25. The summed E-state index contributed by atoms with van der Waals surface area (Å²) in [4.78, 5) is 4.16. The molecule has 6 heteroatoms. The molecule has 19 heavy (non-hydrogen) atoms. The van der Waals surface area contributed by atoms with Gasteiger partial charge in [0.1, 0.15) is 17.4 Å². The van der Waals surface area contributed by atoms with Crippen LogP contribution < -0.4 is 10.5 Å². The van der Waals surface area contributed by atoms with Crippen LogP contribution in [0.3, 0.4) is 0 Å². The van der Waals surface area contributed by atoms with Crippen LogP contribution in [-0.4, -0.2) is 10.8 Å². The minimum atomic E-state index is -0.419. The molecule has 0 atom stereocenters. The van der Waals surface area contributed by atoms with Crippen LogP contribution in [0.15, 0.2) is 34.8 Å². The normalized spacial score (nSPS) is 10.3. The Hall–Kier alpha value is -1.95. The summed E-state index contributed by atoms with van der Waals surface area (Å²) in [7, 11) is 0. The average Bonchev–Trinajstić information content (AvgIpc) is 2.33. The van der Waals surface area contributed by atoms with Crippen molar-refractivity contribution in [1.29, 1.82) is 5.41 Å². The molecule has 0 aliphatic rings. The summed E-state index contributed by atoms with van der Waals surface area (Å²) in [6.45, 7) is 1.77. The number of pyridine rings is 1. The first kappa shape index (κ1) is 13.5. The van der Waals surface area contributed by atoms with E-state index < -0.39 is 5.82 Å². The van der Waals surface area contributed by atoms with Crippen molar-refractivity contribution < 1.29 is 9.13 Å². The van der Waals surface area contributed by atoms with Crippen molar-refractivity contribution in [2.75, 3.05) is 0 Å². The molecule has 1 heterocycles. The molecule has 0 bridgehead atoms. The highest BCUT2D eigenvalue weighted by Gasteiger charge is 2.07. The molecule has 3 N–H and O–H groups in total. The first-order valence-electron chi connectivity index (χ1n) is 5.41. The van der Waals surface area contributed by atoms with Gasteiger partial charge in [-0.25, -0.2) is 9.37 Å². The smallest absolute Gasteiger partial charge is 0.220 e. The van der Waals surface area contributed by atoms with Crippen LogP contribution in [0.1, 0.15) is 11.3 Å². The summed E-state index contributed by atoms with van der Waals surface area (Å²) in [5, 5.41) is 7.40. The van der Waals surface area contributed by atoms with Crippen LogP contribution in [0, 0.1) is 18.2 Å². The van der Waals surface area contributed by atoms with Crippen molar-refractivity contribution >= 4 is 21.8 Å². The number of nitrogens with two attached hydrogens (primary N) is 1. The lowest BCUT2D eigenvalue weighted by Crippen LogP contribution is -2.11. The zero-order valence-electron chi connectivity index (χ0n) is 10.1. The second kappa shape index (κ2) is 5.36. The Bertz CT molecular complexity index is 646. The quantitative estimate of drug-likeness (QED) is 0.672. The van der Waals surface area contributed by atoms with E-state index in [9.17, 15) is 4.39 Å². The molecule has 1 aromatic carbocycles. The number of nitrogens with one attached hydrogen (secondary N) is 1. The van der Waals surface area contributed by atoms with Crippen LogP contribution in [0.5, 0.6) is 11.6 Å². The molecule has 0 spiro atoms. The minimum absolute atomic E-state index is 0.0719. The lowest BCUT2D eigenvalue weighted by atomic mass is 10.2. The number of hydrogen-bond acceptors (Lipinski definition) is 3. The van der Waals surface area contributed by atoms with E-state index in [0.29, 0.717) is 21.5 Å². The van der Waals surface area contributed by atoms with E-state index in [-0.39, 0.29) is 11.7 Å². The number of hydrogen-bond donors (Lipinski definition) is 2. The average molecular weight is 324 g/mol. The molecular weight excluding hydrogens is 313 g/mol. The van der Waals surface area contributed by atoms with E-state index in [1.165, 1.54) is 12.1 Å². The van der Waals surface area contributed by atoms with Gasteiger partial charge in [0.05, 0.1) is 4.47 Å². The predicted octanol–water partition coefficient (Wildman–Crippen LogP) is 3.37. The Morgan fingerprint density at radius 3 is 2.74 bits per heavy atom. The molecule has 0 unspecified atom stereocenters.